The van der Waals surface area contributed by atoms with Crippen LogP contribution in [0.1, 0.15) is 17.3 Å². The smallest absolute Gasteiger partial charge is 0.338 e. The molecule has 0 fully saturated rings. The third-order valence-electron chi connectivity index (χ3n) is 2.96. The van der Waals surface area contributed by atoms with Crippen LogP contribution in [0.4, 0.5) is 15.8 Å². The van der Waals surface area contributed by atoms with Gasteiger partial charge in [-0.1, -0.05) is 18.2 Å². The summed E-state index contributed by atoms with van der Waals surface area (Å²) in [5.74, 6) is -1.44. The molecule has 2 aromatic carbocycles. The van der Waals surface area contributed by atoms with Gasteiger partial charge in [-0.25, -0.2) is 9.18 Å². The van der Waals surface area contributed by atoms with Crippen molar-refractivity contribution in [2.45, 2.75) is 6.92 Å². The Labute approximate surface area is 124 Å². The van der Waals surface area contributed by atoms with Crippen molar-refractivity contribution in [2.24, 2.45) is 0 Å². The number of carboxylic acids is 1. The van der Waals surface area contributed by atoms with Gasteiger partial charge < -0.3 is 10.0 Å². The van der Waals surface area contributed by atoms with Crippen LogP contribution >= 0.6 is 15.9 Å². The molecule has 0 aromatic heterocycles. The highest BCUT2D eigenvalue weighted by molar-refractivity contribution is 9.10. The minimum atomic E-state index is -1.05. The molecule has 0 bridgehead atoms. The lowest BCUT2D eigenvalue weighted by Gasteiger charge is -2.25. The molecule has 0 saturated heterocycles. The van der Waals surface area contributed by atoms with Crippen LogP contribution < -0.4 is 4.90 Å². The Balaban J connectivity index is 2.62. The summed E-state index contributed by atoms with van der Waals surface area (Å²) in [5.41, 5.74) is 0.938. The molecule has 0 aliphatic rings. The molecule has 0 atom stereocenters. The second kappa shape index (κ2) is 6.05. The van der Waals surface area contributed by atoms with E-state index in [0.29, 0.717) is 22.4 Å². The third kappa shape index (κ3) is 2.67. The molecule has 0 aliphatic carbocycles. The molecule has 20 heavy (non-hydrogen) atoms. The summed E-state index contributed by atoms with van der Waals surface area (Å²) in [6.07, 6.45) is 0. The summed E-state index contributed by atoms with van der Waals surface area (Å²) in [4.78, 5) is 13.1. The minimum absolute atomic E-state index is 0.123. The molecule has 3 nitrogen and oxygen atoms in total. The summed E-state index contributed by atoms with van der Waals surface area (Å²) >= 11 is 3.24. The highest BCUT2D eigenvalue weighted by Crippen LogP contribution is 2.33. The van der Waals surface area contributed by atoms with E-state index in [2.05, 4.69) is 15.9 Å². The van der Waals surface area contributed by atoms with E-state index in [1.54, 1.807) is 41.3 Å². The van der Waals surface area contributed by atoms with E-state index in [1.807, 2.05) is 6.92 Å². The SMILES string of the molecule is CCN(c1ccccc1F)c1cccc(Br)c1C(=O)O. The topological polar surface area (TPSA) is 40.5 Å². The molecule has 2 aromatic rings. The molecule has 0 unspecified atom stereocenters. The molecule has 0 saturated carbocycles. The first-order valence-corrected chi connectivity index (χ1v) is 6.89. The molecule has 5 heteroatoms. The standard InChI is InChI=1S/C15H13BrFNO2/c1-2-18(12-8-4-3-7-11(12)17)13-9-5-6-10(16)14(13)15(19)20/h3-9H,2H2,1H3,(H,19,20). The zero-order chi connectivity index (χ0) is 14.7. The van der Waals surface area contributed by atoms with Crippen LogP contribution in [0.3, 0.4) is 0 Å². The Morgan fingerprint density at radius 1 is 1.20 bits per heavy atom. The van der Waals surface area contributed by atoms with Gasteiger partial charge in [-0.15, -0.1) is 0 Å². The zero-order valence-corrected chi connectivity index (χ0v) is 12.4. The van der Waals surface area contributed by atoms with Crippen molar-refractivity contribution in [3.63, 3.8) is 0 Å². The quantitative estimate of drug-likeness (QED) is 0.896. The van der Waals surface area contributed by atoms with E-state index in [0.717, 1.165) is 0 Å². The molecule has 1 N–H and O–H groups in total. The van der Waals surface area contributed by atoms with E-state index >= 15 is 0 Å². The number of aromatic carboxylic acids is 1. The summed E-state index contributed by atoms with van der Waals surface area (Å²) in [7, 11) is 0. The Morgan fingerprint density at radius 3 is 2.45 bits per heavy atom. The molecule has 0 amide bonds. The van der Waals surface area contributed by atoms with E-state index in [4.69, 9.17) is 0 Å². The first-order chi connectivity index (χ1) is 9.56. The van der Waals surface area contributed by atoms with Crippen molar-refractivity contribution >= 4 is 33.3 Å². The first kappa shape index (κ1) is 14.5. The number of para-hydroxylation sites is 1. The fourth-order valence-corrected chi connectivity index (χ4v) is 2.62. The summed E-state index contributed by atoms with van der Waals surface area (Å²) < 4.78 is 14.4. The van der Waals surface area contributed by atoms with E-state index < -0.39 is 5.97 Å². The minimum Gasteiger partial charge on any atom is -0.478 e. The third-order valence-corrected chi connectivity index (χ3v) is 3.62. The number of halogens is 2. The highest BCUT2D eigenvalue weighted by Gasteiger charge is 2.20. The number of carbonyl (C=O) groups is 1. The maximum atomic E-state index is 13.9. The van der Waals surface area contributed by atoms with Crippen LogP contribution in [-0.2, 0) is 0 Å². The number of nitrogens with zero attached hydrogens (tertiary/aromatic N) is 1. The van der Waals surface area contributed by atoms with Crippen molar-refractivity contribution in [1.82, 2.24) is 0 Å². The fourth-order valence-electron chi connectivity index (χ4n) is 2.09. The van der Waals surface area contributed by atoms with Gasteiger partial charge in [-0.3, -0.25) is 0 Å². The van der Waals surface area contributed by atoms with E-state index in [9.17, 15) is 14.3 Å². The molecular weight excluding hydrogens is 325 g/mol. The van der Waals surface area contributed by atoms with Crippen LogP contribution in [0.5, 0.6) is 0 Å². The van der Waals surface area contributed by atoms with Gasteiger partial charge in [-0.05, 0) is 47.1 Å². The molecule has 0 radical (unpaired) electrons. The monoisotopic (exact) mass is 337 g/mol. The number of hydrogen-bond donors (Lipinski definition) is 1. The van der Waals surface area contributed by atoms with Crippen molar-refractivity contribution in [3.05, 3.63) is 58.3 Å². The normalized spacial score (nSPS) is 10.3. The van der Waals surface area contributed by atoms with Gasteiger partial charge in [0, 0.05) is 11.0 Å². The molecule has 0 spiro atoms. The van der Waals surface area contributed by atoms with Gasteiger partial charge in [-0.2, -0.15) is 0 Å². The van der Waals surface area contributed by atoms with E-state index in [1.165, 1.54) is 6.07 Å². The van der Waals surface area contributed by atoms with E-state index in [-0.39, 0.29) is 11.4 Å². The second-order valence-corrected chi connectivity index (χ2v) is 4.99. The van der Waals surface area contributed by atoms with Gasteiger partial charge in [0.25, 0.3) is 0 Å². The van der Waals surface area contributed by atoms with Crippen LogP contribution in [0.25, 0.3) is 0 Å². The maximum absolute atomic E-state index is 13.9. The van der Waals surface area contributed by atoms with Crippen molar-refractivity contribution in [3.8, 4) is 0 Å². The lowest BCUT2D eigenvalue weighted by molar-refractivity contribution is 0.0696. The van der Waals surface area contributed by atoms with Crippen LogP contribution in [-0.4, -0.2) is 17.6 Å². The second-order valence-electron chi connectivity index (χ2n) is 4.13. The van der Waals surface area contributed by atoms with Crippen molar-refractivity contribution < 1.29 is 14.3 Å². The predicted molar refractivity (Wildman–Crippen MR) is 80.2 cm³/mol. The van der Waals surface area contributed by atoms with Gasteiger partial charge >= 0.3 is 5.97 Å². The number of rotatable bonds is 4. The molecule has 0 heterocycles. The average molecular weight is 338 g/mol. The van der Waals surface area contributed by atoms with Crippen LogP contribution in [0.2, 0.25) is 0 Å². The average Bonchev–Trinajstić information content (AvgIpc) is 2.41. The lowest BCUT2D eigenvalue weighted by Crippen LogP contribution is -2.20. The van der Waals surface area contributed by atoms with Gasteiger partial charge in [0.2, 0.25) is 0 Å². The first-order valence-electron chi connectivity index (χ1n) is 6.10. The van der Waals surface area contributed by atoms with Gasteiger partial charge in [0.15, 0.2) is 0 Å². The highest BCUT2D eigenvalue weighted by atomic mass is 79.9. The summed E-state index contributed by atoms with van der Waals surface area (Å²) in [6, 6.07) is 11.4. The Bertz CT molecular complexity index is 646. The molecular formula is C15H13BrFNO2. The van der Waals surface area contributed by atoms with Gasteiger partial charge in [0.05, 0.1) is 16.9 Å². The number of anilines is 2. The largest absolute Gasteiger partial charge is 0.478 e. The Hall–Kier alpha value is -1.88. The van der Waals surface area contributed by atoms with Gasteiger partial charge in [0.1, 0.15) is 5.82 Å². The number of hydrogen-bond acceptors (Lipinski definition) is 2. The maximum Gasteiger partial charge on any atom is 0.338 e. The molecule has 2 rings (SSSR count). The predicted octanol–water partition coefficient (Wildman–Crippen LogP) is 4.44. The van der Waals surface area contributed by atoms with Crippen molar-refractivity contribution in [1.29, 1.82) is 0 Å². The van der Waals surface area contributed by atoms with Crippen LogP contribution in [0, 0.1) is 5.82 Å². The number of carboxylic acid groups (broad SMARTS) is 1. The van der Waals surface area contributed by atoms with Crippen LogP contribution in [0.15, 0.2) is 46.9 Å². The van der Waals surface area contributed by atoms with Crippen molar-refractivity contribution in [2.75, 3.05) is 11.4 Å². The lowest BCUT2D eigenvalue weighted by atomic mass is 10.1. The molecule has 0 aliphatic heterocycles. The summed E-state index contributed by atoms with van der Waals surface area (Å²) in [6.45, 7) is 2.30. The Morgan fingerprint density at radius 2 is 1.85 bits per heavy atom. The molecule has 104 valence electrons. The summed E-state index contributed by atoms with van der Waals surface area (Å²) in [5, 5.41) is 9.36. The Kier molecular flexibility index (Phi) is 4.39. The zero-order valence-electron chi connectivity index (χ0n) is 10.8. The fraction of sp³-hybridized carbons (Fsp3) is 0.133. The number of benzene rings is 2.